The van der Waals surface area contributed by atoms with Gasteiger partial charge in [-0.1, -0.05) is 13.8 Å². The van der Waals surface area contributed by atoms with Gasteiger partial charge in [0, 0.05) is 25.3 Å². The van der Waals surface area contributed by atoms with Crippen LogP contribution in [0.3, 0.4) is 0 Å². The zero-order valence-electron chi connectivity index (χ0n) is 12.9. The minimum Gasteiger partial charge on any atom is -0.508 e. The van der Waals surface area contributed by atoms with Crippen molar-refractivity contribution >= 4 is 5.69 Å². The SMILES string of the molecule is CC(C)C1CCC(N)C(CN(C)c2ccc(O)cc2)C1. The van der Waals surface area contributed by atoms with E-state index in [1.54, 1.807) is 12.1 Å². The van der Waals surface area contributed by atoms with Crippen LogP contribution in [0, 0.1) is 17.8 Å². The molecule has 3 nitrogen and oxygen atoms in total. The number of aromatic hydroxyl groups is 1. The number of hydrogen-bond donors (Lipinski definition) is 2. The van der Waals surface area contributed by atoms with Crippen molar-refractivity contribution in [2.75, 3.05) is 18.5 Å². The molecule has 0 amide bonds. The zero-order valence-corrected chi connectivity index (χ0v) is 12.9. The molecule has 3 heteroatoms. The van der Waals surface area contributed by atoms with Crippen LogP contribution in [0.5, 0.6) is 5.75 Å². The molecule has 1 aromatic rings. The summed E-state index contributed by atoms with van der Waals surface area (Å²) in [6, 6.07) is 7.73. The fraction of sp³-hybridized carbons (Fsp3) is 0.647. The number of phenolic OH excluding ortho intramolecular Hbond substituents is 1. The fourth-order valence-electron chi connectivity index (χ4n) is 3.30. The van der Waals surface area contributed by atoms with E-state index < -0.39 is 0 Å². The molecular weight excluding hydrogens is 248 g/mol. The van der Waals surface area contributed by atoms with Crippen molar-refractivity contribution in [3.05, 3.63) is 24.3 Å². The van der Waals surface area contributed by atoms with Gasteiger partial charge in [-0.25, -0.2) is 0 Å². The Morgan fingerprint density at radius 1 is 1.25 bits per heavy atom. The topological polar surface area (TPSA) is 49.5 Å². The van der Waals surface area contributed by atoms with Crippen LogP contribution in [0.4, 0.5) is 5.69 Å². The third kappa shape index (κ3) is 3.66. The highest BCUT2D eigenvalue weighted by Crippen LogP contribution is 2.34. The van der Waals surface area contributed by atoms with E-state index in [0.29, 0.717) is 17.7 Å². The maximum atomic E-state index is 9.36. The molecule has 20 heavy (non-hydrogen) atoms. The van der Waals surface area contributed by atoms with Crippen LogP contribution in [0.15, 0.2) is 24.3 Å². The monoisotopic (exact) mass is 276 g/mol. The minimum absolute atomic E-state index is 0.316. The zero-order chi connectivity index (χ0) is 14.7. The van der Waals surface area contributed by atoms with Gasteiger partial charge in [-0.3, -0.25) is 0 Å². The van der Waals surface area contributed by atoms with E-state index in [4.69, 9.17) is 5.73 Å². The summed E-state index contributed by atoms with van der Waals surface area (Å²) < 4.78 is 0. The van der Waals surface area contributed by atoms with Crippen molar-refractivity contribution in [2.45, 2.75) is 39.2 Å². The van der Waals surface area contributed by atoms with Crippen LogP contribution in [0.1, 0.15) is 33.1 Å². The van der Waals surface area contributed by atoms with Gasteiger partial charge in [-0.15, -0.1) is 0 Å². The second-order valence-electron chi connectivity index (χ2n) is 6.64. The Kier molecular flexibility index (Phi) is 4.92. The van der Waals surface area contributed by atoms with Crippen molar-refractivity contribution in [1.82, 2.24) is 0 Å². The van der Waals surface area contributed by atoms with Crippen molar-refractivity contribution in [2.24, 2.45) is 23.5 Å². The number of rotatable bonds is 4. The minimum atomic E-state index is 0.316. The Morgan fingerprint density at radius 3 is 2.50 bits per heavy atom. The van der Waals surface area contributed by atoms with Gasteiger partial charge >= 0.3 is 0 Å². The molecular formula is C17H28N2O. The van der Waals surface area contributed by atoms with E-state index in [1.165, 1.54) is 12.8 Å². The molecule has 1 aliphatic rings. The van der Waals surface area contributed by atoms with Gasteiger partial charge in [0.1, 0.15) is 5.75 Å². The maximum Gasteiger partial charge on any atom is 0.115 e. The summed E-state index contributed by atoms with van der Waals surface area (Å²) >= 11 is 0. The number of anilines is 1. The number of phenols is 1. The lowest BCUT2D eigenvalue weighted by molar-refractivity contribution is 0.193. The quantitative estimate of drug-likeness (QED) is 0.887. The van der Waals surface area contributed by atoms with E-state index >= 15 is 0 Å². The Bertz CT molecular complexity index is 416. The third-order valence-electron chi connectivity index (χ3n) is 4.82. The molecule has 0 bridgehead atoms. The van der Waals surface area contributed by atoms with Crippen molar-refractivity contribution in [3.8, 4) is 5.75 Å². The summed E-state index contributed by atoms with van der Waals surface area (Å²) in [5, 5.41) is 9.36. The van der Waals surface area contributed by atoms with Gasteiger partial charge in [0.05, 0.1) is 0 Å². The predicted molar refractivity (Wildman–Crippen MR) is 85.0 cm³/mol. The highest BCUT2D eigenvalue weighted by Gasteiger charge is 2.30. The lowest BCUT2D eigenvalue weighted by Gasteiger charge is -2.38. The Labute approximate surface area is 122 Å². The van der Waals surface area contributed by atoms with E-state index in [2.05, 4.69) is 25.8 Å². The summed E-state index contributed by atoms with van der Waals surface area (Å²) in [5.74, 6) is 2.45. The molecule has 1 fully saturated rings. The predicted octanol–water partition coefficient (Wildman–Crippen LogP) is 3.23. The molecule has 2 rings (SSSR count). The first kappa shape index (κ1) is 15.2. The van der Waals surface area contributed by atoms with Gasteiger partial charge in [0.15, 0.2) is 0 Å². The molecule has 0 heterocycles. The highest BCUT2D eigenvalue weighted by molar-refractivity contribution is 5.48. The second kappa shape index (κ2) is 6.49. The average Bonchev–Trinajstić information content (AvgIpc) is 2.41. The van der Waals surface area contributed by atoms with E-state index in [-0.39, 0.29) is 0 Å². The Morgan fingerprint density at radius 2 is 1.90 bits per heavy atom. The van der Waals surface area contributed by atoms with Crippen molar-refractivity contribution in [3.63, 3.8) is 0 Å². The molecule has 0 aromatic heterocycles. The van der Waals surface area contributed by atoms with Gasteiger partial charge in [-0.05, 0) is 61.3 Å². The first-order valence-corrected chi connectivity index (χ1v) is 7.73. The van der Waals surface area contributed by atoms with Crippen LogP contribution >= 0.6 is 0 Å². The number of hydrogen-bond acceptors (Lipinski definition) is 3. The molecule has 3 unspecified atom stereocenters. The molecule has 0 radical (unpaired) electrons. The first-order valence-electron chi connectivity index (χ1n) is 7.73. The largest absolute Gasteiger partial charge is 0.508 e. The Balaban J connectivity index is 1.98. The van der Waals surface area contributed by atoms with Gasteiger partial charge in [-0.2, -0.15) is 0 Å². The summed E-state index contributed by atoms with van der Waals surface area (Å²) in [6.07, 6.45) is 3.66. The fourth-order valence-corrected chi connectivity index (χ4v) is 3.30. The molecule has 0 aliphatic heterocycles. The van der Waals surface area contributed by atoms with Crippen LogP contribution < -0.4 is 10.6 Å². The van der Waals surface area contributed by atoms with Crippen LogP contribution in [-0.2, 0) is 0 Å². The first-order chi connectivity index (χ1) is 9.47. The Hall–Kier alpha value is -1.22. The van der Waals surface area contributed by atoms with E-state index in [1.807, 2.05) is 12.1 Å². The molecule has 1 aliphatic carbocycles. The van der Waals surface area contributed by atoms with Crippen molar-refractivity contribution < 1.29 is 5.11 Å². The molecule has 112 valence electrons. The summed E-state index contributed by atoms with van der Waals surface area (Å²) in [4.78, 5) is 2.26. The molecule has 3 N–H and O–H groups in total. The lowest BCUT2D eigenvalue weighted by atomic mass is 9.74. The third-order valence-corrected chi connectivity index (χ3v) is 4.82. The molecule has 1 aromatic carbocycles. The van der Waals surface area contributed by atoms with Gasteiger partial charge < -0.3 is 15.7 Å². The average molecular weight is 276 g/mol. The second-order valence-corrected chi connectivity index (χ2v) is 6.64. The summed E-state index contributed by atoms with van der Waals surface area (Å²) in [7, 11) is 2.11. The number of benzene rings is 1. The van der Waals surface area contributed by atoms with Crippen LogP contribution in [-0.4, -0.2) is 24.7 Å². The summed E-state index contributed by atoms with van der Waals surface area (Å²) in [5.41, 5.74) is 7.47. The highest BCUT2D eigenvalue weighted by atomic mass is 16.3. The standard InChI is InChI=1S/C17H28N2O/c1-12(2)13-4-9-17(18)14(10-13)11-19(3)15-5-7-16(20)8-6-15/h5-8,12-14,17,20H,4,9-11,18H2,1-3H3. The number of nitrogens with zero attached hydrogens (tertiary/aromatic N) is 1. The molecule has 3 atom stereocenters. The van der Waals surface area contributed by atoms with Crippen LogP contribution in [0.2, 0.25) is 0 Å². The van der Waals surface area contributed by atoms with Gasteiger partial charge in [0.25, 0.3) is 0 Å². The number of nitrogens with two attached hydrogens (primary N) is 1. The summed E-state index contributed by atoms with van der Waals surface area (Å²) in [6.45, 7) is 5.64. The van der Waals surface area contributed by atoms with Crippen molar-refractivity contribution in [1.29, 1.82) is 0 Å². The lowest BCUT2D eigenvalue weighted by Crippen LogP contribution is -2.43. The maximum absolute atomic E-state index is 9.36. The van der Waals surface area contributed by atoms with Gasteiger partial charge in [0.2, 0.25) is 0 Å². The molecule has 0 saturated heterocycles. The van der Waals surface area contributed by atoms with E-state index in [9.17, 15) is 5.11 Å². The van der Waals surface area contributed by atoms with E-state index in [0.717, 1.165) is 30.5 Å². The molecule has 0 spiro atoms. The smallest absolute Gasteiger partial charge is 0.115 e. The van der Waals surface area contributed by atoms with Crippen LogP contribution in [0.25, 0.3) is 0 Å². The normalized spacial score (nSPS) is 26.8. The molecule has 1 saturated carbocycles.